The average Bonchev–Trinajstić information content (AvgIpc) is 2.29. The van der Waals surface area contributed by atoms with Crippen molar-refractivity contribution in [3.63, 3.8) is 0 Å². The molecule has 0 radical (unpaired) electrons. The van der Waals surface area contributed by atoms with E-state index >= 15 is 0 Å². The Balaban J connectivity index is 2.33. The Morgan fingerprint density at radius 1 is 1.38 bits per heavy atom. The summed E-state index contributed by atoms with van der Waals surface area (Å²) in [5.74, 6) is 1.34. The first-order valence-corrected chi connectivity index (χ1v) is 5.87. The zero-order valence-electron chi connectivity index (χ0n) is 10.4. The summed E-state index contributed by atoms with van der Waals surface area (Å²) in [7, 11) is 0. The van der Waals surface area contributed by atoms with Crippen molar-refractivity contribution < 1.29 is 4.74 Å². The molecule has 1 heterocycles. The molecule has 1 aromatic heterocycles. The van der Waals surface area contributed by atoms with Crippen LogP contribution in [0.1, 0.15) is 38.8 Å². The molecule has 0 fully saturated rings. The molecule has 0 spiro atoms. The van der Waals surface area contributed by atoms with Gasteiger partial charge in [-0.25, -0.2) is 9.97 Å². The Labute approximate surface area is 97.5 Å². The summed E-state index contributed by atoms with van der Waals surface area (Å²) in [6.45, 7) is 8.72. The minimum atomic E-state index is 0.437. The lowest BCUT2D eigenvalue weighted by Crippen LogP contribution is -2.07. The number of nitrogens with one attached hydrogen (secondary N) is 1. The van der Waals surface area contributed by atoms with Gasteiger partial charge in [0.05, 0.1) is 0 Å². The minimum Gasteiger partial charge on any atom is -0.382 e. The summed E-state index contributed by atoms with van der Waals surface area (Å²) in [4.78, 5) is 8.40. The smallest absolute Gasteiger partial charge is 0.129 e. The number of aromatic nitrogens is 2. The van der Waals surface area contributed by atoms with Crippen molar-refractivity contribution in [1.29, 1.82) is 0 Å². The zero-order valence-corrected chi connectivity index (χ0v) is 10.4. The third-order valence-electron chi connectivity index (χ3n) is 2.26. The first kappa shape index (κ1) is 12.9. The molecule has 0 aliphatic carbocycles. The predicted octanol–water partition coefficient (Wildman–Crippen LogP) is 2.44. The van der Waals surface area contributed by atoms with Crippen molar-refractivity contribution in [3.8, 4) is 0 Å². The molecule has 0 atom stereocenters. The Hall–Kier alpha value is -1.16. The molecule has 0 aromatic carbocycles. The molecule has 0 saturated heterocycles. The normalized spacial score (nSPS) is 10.8. The highest BCUT2D eigenvalue weighted by Crippen LogP contribution is 2.13. The van der Waals surface area contributed by atoms with Gasteiger partial charge in [-0.05, 0) is 19.3 Å². The Bertz CT molecular complexity index is 302. The Morgan fingerprint density at radius 3 is 2.88 bits per heavy atom. The van der Waals surface area contributed by atoms with Gasteiger partial charge in [0, 0.05) is 31.5 Å². The van der Waals surface area contributed by atoms with Crippen molar-refractivity contribution in [2.75, 3.05) is 25.1 Å². The second kappa shape index (κ2) is 7.17. The fourth-order valence-corrected chi connectivity index (χ4v) is 1.32. The molecule has 4 heteroatoms. The van der Waals surface area contributed by atoms with Gasteiger partial charge in [-0.3, -0.25) is 0 Å². The molecule has 90 valence electrons. The molecule has 0 amide bonds. The van der Waals surface area contributed by atoms with Gasteiger partial charge in [0.15, 0.2) is 0 Å². The first-order valence-electron chi connectivity index (χ1n) is 5.87. The molecule has 0 saturated carbocycles. The van der Waals surface area contributed by atoms with Crippen molar-refractivity contribution in [3.05, 3.63) is 18.1 Å². The zero-order chi connectivity index (χ0) is 11.8. The van der Waals surface area contributed by atoms with Gasteiger partial charge < -0.3 is 10.1 Å². The van der Waals surface area contributed by atoms with Gasteiger partial charge >= 0.3 is 0 Å². The molecule has 1 rings (SSSR count). The molecule has 1 aromatic rings. The van der Waals surface area contributed by atoms with Gasteiger partial charge in [0.25, 0.3) is 0 Å². The van der Waals surface area contributed by atoms with Crippen LogP contribution < -0.4 is 5.32 Å². The number of nitrogens with zero attached hydrogens (tertiary/aromatic N) is 2. The van der Waals surface area contributed by atoms with E-state index in [0.717, 1.165) is 37.7 Å². The van der Waals surface area contributed by atoms with Crippen LogP contribution in [-0.2, 0) is 4.74 Å². The minimum absolute atomic E-state index is 0.437. The maximum Gasteiger partial charge on any atom is 0.129 e. The van der Waals surface area contributed by atoms with Crippen molar-refractivity contribution in [1.82, 2.24) is 9.97 Å². The van der Waals surface area contributed by atoms with Gasteiger partial charge in [0.1, 0.15) is 12.1 Å². The summed E-state index contributed by atoms with van der Waals surface area (Å²) in [6.07, 6.45) is 2.61. The summed E-state index contributed by atoms with van der Waals surface area (Å²) < 4.78 is 5.26. The molecule has 16 heavy (non-hydrogen) atoms. The molecule has 0 aliphatic heterocycles. The summed E-state index contributed by atoms with van der Waals surface area (Å²) >= 11 is 0. The second-order valence-corrected chi connectivity index (χ2v) is 3.96. The standard InChI is InChI=1S/C12H21N3O/c1-4-16-7-5-6-13-12-8-11(10(2)3)14-9-15-12/h8-10H,4-7H2,1-3H3,(H,13,14,15). The van der Waals surface area contributed by atoms with E-state index in [1.807, 2.05) is 13.0 Å². The average molecular weight is 223 g/mol. The molecule has 0 aliphatic rings. The molecular formula is C12H21N3O. The van der Waals surface area contributed by atoms with Crippen LogP contribution in [0.15, 0.2) is 12.4 Å². The van der Waals surface area contributed by atoms with Crippen LogP contribution in [0.25, 0.3) is 0 Å². The summed E-state index contributed by atoms with van der Waals surface area (Å²) in [5, 5.41) is 3.27. The lowest BCUT2D eigenvalue weighted by atomic mass is 10.1. The number of ether oxygens (including phenoxy) is 1. The van der Waals surface area contributed by atoms with Crippen LogP contribution in [0.3, 0.4) is 0 Å². The number of hydrogen-bond donors (Lipinski definition) is 1. The molecular weight excluding hydrogens is 202 g/mol. The summed E-state index contributed by atoms with van der Waals surface area (Å²) in [6, 6.07) is 2.01. The topological polar surface area (TPSA) is 47.0 Å². The number of anilines is 1. The number of hydrogen-bond acceptors (Lipinski definition) is 4. The highest BCUT2D eigenvalue weighted by molar-refractivity contribution is 5.35. The monoisotopic (exact) mass is 223 g/mol. The third kappa shape index (κ3) is 4.57. The van der Waals surface area contributed by atoms with E-state index in [1.54, 1.807) is 6.33 Å². The van der Waals surface area contributed by atoms with E-state index in [9.17, 15) is 0 Å². The van der Waals surface area contributed by atoms with Gasteiger partial charge in [-0.1, -0.05) is 13.8 Å². The third-order valence-corrected chi connectivity index (χ3v) is 2.26. The quantitative estimate of drug-likeness (QED) is 0.721. The molecule has 0 bridgehead atoms. The van der Waals surface area contributed by atoms with E-state index in [1.165, 1.54) is 0 Å². The molecule has 1 N–H and O–H groups in total. The van der Waals surface area contributed by atoms with Crippen molar-refractivity contribution in [2.24, 2.45) is 0 Å². The largest absolute Gasteiger partial charge is 0.382 e. The second-order valence-electron chi connectivity index (χ2n) is 3.96. The van der Waals surface area contributed by atoms with Gasteiger partial charge in [0.2, 0.25) is 0 Å². The van der Waals surface area contributed by atoms with Crippen LogP contribution in [0.2, 0.25) is 0 Å². The molecule has 4 nitrogen and oxygen atoms in total. The van der Waals surface area contributed by atoms with E-state index in [-0.39, 0.29) is 0 Å². The maximum absolute atomic E-state index is 5.26. The van der Waals surface area contributed by atoms with Crippen molar-refractivity contribution in [2.45, 2.75) is 33.1 Å². The lowest BCUT2D eigenvalue weighted by Gasteiger charge is -2.08. The van der Waals surface area contributed by atoms with E-state index < -0.39 is 0 Å². The van der Waals surface area contributed by atoms with E-state index in [0.29, 0.717) is 5.92 Å². The van der Waals surface area contributed by atoms with E-state index in [2.05, 4.69) is 29.1 Å². The Kier molecular flexibility index (Phi) is 5.78. The van der Waals surface area contributed by atoms with Crippen LogP contribution in [0.5, 0.6) is 0 Å². The summed E-state index contributed by atoms with van der Waals surface area (Å²) in [5.41, 5.74) is 1.07. The number of rotatable bonds is 7. The SMILES string of the molecule is CCOCCCNc1cc(C(C)C)ncn1. The Morgan fingerprint density at radius 2 is 2.19 bits per heavy atom. The first-order chi connectivity index (χ1) is 7.74. The lowest BCUT2D eigenvalue weighted by molar-refractivity contribution is 0.147. The van der Waals surface area contributed by atoms with Crippen molar-refractivity contribution >= 4 is 5.82 Å². The van der Waals surface area contributed by atoms with Gasteiger partial charge in [-0.2, -0.15) is 0 Å². The maximum atomic E-state index is 5.26. The molecule has 0 unspecified atom stereocenters. The van der Waals surface area contributed by atoms with Crippen LogP contribution >= 0.6 is 0 Å². The van der Waals surface area contributed by atoms with Crippen LogP contribution in [0, 0.1) is 0 Å². The van der Waals surface area contributed by atoms with Crippen LogP contribution in [0.4, 0.5) is 5.82 Å². The highest BCUT2D eigenvalue weighted by Gasteiger charge is 2.02. The fourth-order valence-electron chi connectivity index (χ4n) is 1.32. The van der Waals surface area contributed by atoms with Gasteiger partial charge in [-0.15, -0.1) is 0 Å². The predicted molar refractivity (Wildman–Crippen MR) is 65.7 cm³/mol. The van der Waals surface area contributed by atoms with E-state index in [4.69, 9.17) is 4.74 Å². The van der Waals surface area contributed by atoms with Crippen LogP contribution in [-0.4, -0.2) is 29.7 Å². The fraction of sp³-hybridized carbons (Fsp3) is 0.667. The highest BCUT2D eigenvalue weighted by atomic mass is 16.5.